The molecule has 0 bridgehead atoms. The Labute approximate surface area is 219 Å². The minimum absolute atomic E-state index is 0.0979. The van der Waals surface area contributed by atoms with Crippen molar-refractivity contribution in [1.82, 2.24) is 15.0 Å². The molecule has 2 aromatic carbocycles. The summed E-state index contributed by atoms with van der Waals surface area (Å²) in [4.78, 5) is 1.41. The van der Waals surface area contributed by atoms with Crippen molar-refractivity contribution in [2.75, 3.05) is 6.61 Å². The van der Waals surface area contributed by atoms with E-state index in [4.69, 9.17) is 4.43 Å². The molecule has 0 fully saturated rings. The van der Waals surface area contributed by atoms with Crippen LogP contribution in [0, 0.1) is 5.41 Å². The van der Waals surface area contributed by atoms with Crippen LogP contribution >= 0.6 is 0 Å². The zero-order valence-electron chi connectivity index (χ0n) is 23.2. The van der Waals surface area contributed by atoms with Crippen LogP contribution in [0.15, 0.2) is 36.4 Å². The number of fused-ring (bicyclic) bond motifs is 1. The van der Waals surface area contributed by atoms with E-state index < -0.39 is 26.2 Å². The van der Waals surface area contributed by atoms with Crippen LogP contribution in [0.1, 0.15) is 64.7 Å². The lowest BCUT2D eigenvalue weighted by atomic mass is 9.72. The van der Waals surface area contributed by atoms with Crippen LogP contribution < -0.4 is 0 Å². The summed E-state index contributed by atoms with van der Waals surface area (Å²) in [5.74, 6) is 0. The van der Waals surface area contributed by atoms with E-state index in [2.05, 4.69) is 64.0 Å². The first-order valence-electron chi connectivity index (χ1n) is 12.8. The SMILES string of the molecule is CCO[Si](C)(C)CC(O)Cc1ccc(C(C)(C)CC(C)(C)C)cc1-n1nc2ccc(C(F)(F)F)cc2n1. The summed E-state index contributed by atoms with van der Waals surface area (Å²) in [5, 5.41) is 19.9. The van der Waals surface area contributed by atoms with Crippen LogP contribution in [0.5, 0.6) is 0 Å². The summed E-state index contributed by atoms with van der Waals surface area (Å²) >= 11 is 0. The van der Waals surface area contributed by atoms with Gasteiger partial charge in [0.05, 0.1) is 17.4 Å². The molecule has 1 aromatic heterocycles. The van der Waals surface area contributed by atoms with Gasteiger partial charge in [0, 0.05) is 13.0 Å². The molecule has 1 heterocycles. The normalized spacial score (nSPS) is 14.4. The molecule has 0 aliphatic rings. The Bertz CT molecular complexity index is 1230. The van der Waals surface area contributed by atoms with Crippen LogP contribution in [0.2, 0.25) is 19.1 Å². The second-order valence-electron chi connectivity index (χ2n) is 12.4. The monoisotopic (exact) mass is 535 g/mol. The lowest BCUT2D eigenvalue weighted by molar-refractivity contribution is -0.137. The number of halogens is 3. The number of rotatable bonds is 9. The van der Waals surface area contributed by atoms with Gasteiger partial charge in [-0.05, 0) is 78.7 Å². The number of aliphatic hydroxyl groups excluding tert-OH is 1. The Hall–Kier alpha value is -2.23. The standard InChI is InChI=1S/C28H40F3N3O2Si/c1-9-36-37(7,8)17-22(35)14-19-10-11-20(27(5,6)18-26(2,3)4)16-25(19)34-32-23-13-12-21(28(29,30)31)15-24(23)33-34/h10-13,15-16,22,35H,9,14,17-18H2,1-8H3. The third kappa shape index (κ3) is 7.64. The average Bonchev–Trinajstić information content (AvgIpc) is 3.14. The van der Waals surface area contributed by atoms with Gasteiger partial charge in [-0.2, -0.15) is 18.0 Å². The van der Waals surface area contributed by atoms with E-state index in [-0.39, 0.29) is 16.3 Å². The molecule has 37 heavy (non-hydrogen) atoms. The molecule has 0 amide bonds. The average molecular weight is 536 g/mol. The molecule has 0 aliphatic heterocycles. The van der Waals surface area contributed by atoms with E-state index in [1.807, 2.05) is 19.1 Å². The highest BCUT2D eigenvalue weighted by molar-refractivity contribution is 6.71. The molecule has 3 rings (SSSR count). The highest BCUT2D eigenvalue weighted by atomic mass is 28.4. The molecule has 204 valence electrons. The van der Waals surface area contributed by atoms with Gasteiger partial charge in [0.2, 0.25) is 0 Å². The zero-order chi connectivity index (χ0) is 27.8. The van der Waals surface area contributed by atoms with Gasteiger partial charge >= 0.3 is 6.18 Å². The van der Waals surface area contributed by atoms with Gasteiger partial charge in [-0.15, -0.1) is 10.2 Å². The minimum Gasteiger partial charge on any atom is -0.418 e. The Balaban J connectivity index is 2.08. The second kappa shape index (κ2) is 10.5. The van der Waals surface area contributed by atoms with Crippen molar-refractivity contribution in [3.05, 3.63) is 53.1 Å². The highest BCUT2D eigenvalue weighted by Gasteiger charge is 2.32. The summed E-state index contributed by atoms with van der Waals surface area (Å²) in [5.41, 5.74) is 2.31. The number of aromatic nitrogens is 3. The lowest BCUT2D eigenvalue weighted by Crippen LogP contribution is -2.35. The second-order valence-corrected chi connectivity index (χ2v) is 16.6. The molecule has 0 saturated heterocycles. The Morgan fingerprint density at radius 3 is 2.16 bits per heavy atom. The van der Waals surface area contributed by atoms with Gasteiger partial charge in [0.1, 0.15) is 11.0 Å². The van der Waals surface area contributed by atoms with Crippen molar-refractivity contribution in [3.8, 4) is 5.69 Å². The van der Waals surface area contributed by atoms with Gasteiger partial charge in [-0.25, -0.2) is 0 Å². The molecule has 9 heteroatoms. The molecule has 1 unspecified atom stereocenters. The number of alkyl halides is 3. The predicted octanol–water partition coefficient (Wildman–Crippen LogP) is 7.30. The van der Waals surface area contributed by atoms with Gasteiger partial charge in [0.25, 0.3) is 0 Å². The van der Waals surface area contributed by atoms with E-state index in [1.165, 1.54) is 10.9 Å². The highest BCUT2D eigenvalue weighted by Crippen LogP contribution is 2.38. The summed E-state index contributed by atoms with van der Waals surface area (Å²) < 4.78 is 45.7. The maximum absolute atomic E-state index is 13.3. The predicted molar refractivity (Wildman–Crippen MR) is 145 cm³/mol. The Kier molecular flexibility index (Phi) is 8.32. The third-order valence-electron chi connectivity index (χ3n) is 6.48. The Morgan fingerprint density at radius 1 is 0.946 bits per heavy atom. The molecule has 1 N–H and O–H groups in total. The van der Waals surface area contributed by atoms with Gasteiger partial charge in [-0.1, -0.05) is 46.8 Å². The molecule has 3 aromatic rings. The topological polar surface area (TPSA) is 60.2 Å². The third-order valence-corrected chi connectivity index (χ3v) is 9.00. The molecule has 0 radical (unpaired) electrons. The van der Waals surface area contributed by atoms with Gasteiger partial charge in [0.15, 0.2) is 8.32 Å². The van der Waals surface area contributed by atoms with Crippen LogP contribution in [-0.2, 0) is 22.4 Å². The summed E-state index contributed by atoms with van der Waals surface area (Å²) in [7, 11) is -2.03. The van der Waals surface area contributed by atoms with Crippen LogP contribution in [0.3, 0.4) is 0 Å². The van der Waals surface area contributed by atoms with Crippen LogP contribution in [0.4, 0.5) is 13.2 Å². The van der Waals surface area contributed by atoms with Crippen LogP contribution in [-0.4, -0.2) is 41.1 Å². The molecule has 0 spiro atoms. The fourth-order valence-corrected chi connectivity index (χ4v) is 7.49. The van der Waals surface area contributed by atoms with Crippen molar-refractivity contribution >= 4 is 19.4 Å². The van der Waals surface area contributed by atoms with E-state index in [9.17, 15) is 18.3 Å². The molecular weight excluding hydrogens is 495 g/mol. The number of benzene rings is 2. The lowest BCUT2D eigenvalue weighted by Gasteiger charge is -2.33. The first-order valence-corrected chi connectivity index (χ1v) is 15.9. The van der Waals surface area contributed by atoms with Crippen molar-refractivity contribution in [2.45, 2.75) is 91.2 Å². The maximum atomic E-state index is 13.3. The fraction of sp³-hybridized carbons (Fsp3) is 0.571. The van der Waals surface area contributed by atoms with Crippen molar-refractivity contribution in [2.24, 2.45) is 5.41 Å². The van der Waals surface area contributed by atoms with E-state index >= 15 is 0 Å². The largest absolute Gasteiger partial charge is 0.418 e. The van der Waals surface area contributed by atoms with Crippen molar-refractivity contribution in [3.63, 3.8) is 0 Å². The minimum atomic E-state index is -4.46. The van der Waals surface area contributed by atoms with Crippen molar-refractivity contribution < 1.29 is 22.7 Å². The number of hydrogen-bond acceptors (Lipinski definition) is 4. The van der Waals surface area contributed by atoms with E-state index in [0.717, 1.165) is 29.7 Å². The smallest absolute Gasteiger partial charge is 0.416 e. The molecule has 5 nitrogen and oxygen atoms in total. The van der Waals surface area contributed by atoms with E-state index in [1.54, 1.807) is 0 Å². The van der Waals surface area contributed by atoms with Gasteiger partial charge < -0.3 is 9.53 Å². The zero-order valence-corrected chi connectivity index (χ0v) is 24.2. The summed E-state index contributed by atoms with van der Waals surface area (Å²) in [6.45, 7) is 17.7. The fourth-order valence-electron chi connectivity index (χ4n) is 5.31. The molecule has 0 saturated carbocycles. The first kappa shape index (κ1) is 29.3. The van der Waals surface area contributed by atoms with E-state index in [0.29, 0.717) is 30.3 Å². The maximum Gasteiger partial charge on any atom is 0.416 e. The first-order chi connectivity index (χ1) is 16.9. The summed E-state index contributed by atoms with van der Waals surface area (Å²) in [6, 6.07) is 10.0. The molecule has 1 atom stereocenters. The quantitative estimate of drug-likeness (QED) is 0.292. The molecule has 0 aliphatic carbocycles. The number of aliphatic hydroxyl groups is 1. The number of hydrogen-bond donors (Lipinski definition) is 1. The molecular formula is C28H40F3N3O2Si. The Morgan fingerprint density at radius 2 is 1.57 bits per heavy atom. The van der Waals surface area contributed by atoms with Crippen LogP contribution in [0.25, 0.3) is 16.7 Å². The summed E-state index contributed by atoms with van der Waals surface area (Å²) in [6.07, 6.45) is -3.78. The number of nitrogens with zero attached hydrogens (tertiary/aromatic N) is 3. The van der Waals surface area contributed by atoms with Gasteiger partial charge in [-0.3, -0.25) is 0 Å². The van der Waals surface area contributed by atoms with Crippen molar-refractivity contribution in [1.29, 1.82) is 0 Å².